The predicted octanol–water partition coefficient (Wildman–Crippen LogP) is 0.525. The largest absolute Gasteiger partial charge is 1.00 e. The van der Waals surface area contributed by atoms with Gasteiger partial charge in [0.25, 0.3) is 0 Å². The number of allylic oxidation sites excluding steroid dienone is 4. The van der Waals surface area contributed by atoms with Crippen LogP contribution in [0, 0.1) is 0 Å². The van der Waals surface area contributed by atoms with E-state index in [4.69, 9.17) is 5.11 Å². The number of carbonyl (C=O) groups excluding carboxylic acids is 1. The topological polar surface area (TPSA) is 60.4 Å². The fourth-order valence-corrected chi connectivity index (χ4v) is 2.10. The molecule has 0 fully saturated rings. The van der Waals surface area contributed by atoms with E-state index in [1.165, 1.54) is 12.8 Å². The van der Waals surface area contributed by atoms with E-state index in [1.807, 2.05) is 6.92 Å². The van der Waals surface area contributed by atoms with Crippen LogP contribution in [0.1, 0.15) is 77.6 Å². The fourth-order valence-electron chi connectivity index (χ4n) is 2.10. The van der Waals surface area contributed by atoms with Crippen molar-refractivity contribution in [3.63, 3.8) is 0 Å². The number of carboxylic acid groups (broad SMARTS) is 1. The zero-order valence-electron chi connectivity index (χ0n) is 14.4. The van der Waals surface area contributed by atoms with Crippen LogP contribution in [-0.4, -0.2) is 17.2 Å². The van der Waals surface area contributed by atoms with E-state index in [-0.39, 0.29) is 63.9 Å². The maximum Gasteiger partial charge on any atom is 1.00 e. The minimum Gasteiger partial charge on any atom is -0.550 e. The fraction of sp³-hybridized carbons (Fsp3) is 0.722. The van der Waals surface area contributed by atoms with Crippen LogP contribution in [0.15, 0.2) is 24.3 Å². The molecule has 0 heterocycles. The van der Waals surface area contributed by atoms with Crippen molar-refractivity contribution in [1.29, 1.82) is 0 Å². The van der Waals surface area contributed by atoms with Gasteiger partial charge in [-0.15, -0.1) is 0 Å². The molecular formula is C18H31KO3. The second-order valence-corrected chi connectivity index (χ2v) is 5.64. The van der Waals surface area contributed by atoms with Gasteiger partial charge in [-0.05, 0) is 58.3 Å². The van der Waals surface area contributed by atoms with Gasteiger partial charge in [-0.1, -0.05) is 43.6 Å². The Morgan fingerprint density at radius 3 is 2.09 bits per heavy atom. The van der Waals surface area contributed by atoms with Gasteiger partial charge in [-0.2, -0.15) is 0 Å². The summed E-state index contributed by atoms with van der Waals surface area (Å²) in [6.07, 6.45) is 19.1. The van der Waals surface area contributed by atoms with Crippen LogP contribution in [0.3, 0.4) is 0 Å². The summed E-state index contributed by atoms with van der Waals surface area (Å²) in [7, 11) is 0. The number of aliphatic carboxylic acids is 1. The average Bonchev–Trinajstić information content (AvgIpc) is 2.42. The quantitative estimate of drug-likeness (QED) is 0.286. The summed E-state index contributed by atoms with van der Waals surface area (Å²) in [5, 5.41) is 19.3. The van der Waals surface area contributed by atoms with E-state index >= 15 is 0 Å². The van der Waals surface area contributed by atoms with Crippen molar-refractivity contribution in [2.24, 2.45) is 0 Å². The van der Waals surface area contributed by atoms with Gasteiger partial charge in [0.1, 0.15) is 0 Å². The Kier molecular flexibility index (Phi) is 22.1. The van der Waals surface area contributed by atoms with E-state index in [0.717, 1.165) is 51.4 Å². The number of unbranched alkanes of at least 4 members (excludes halogenated alkanes) is 6. The molecule has 0 spiro atoms. The van der Waals surface area contributed by atoms with Crippen molar-refractivity contribution in [2.75, 3.05) is 0 Å². The molecule has 0 aromatic rings. The van der Waals surface area contributed by atoms with E-state index < -0.39 is 5.97 Å². The maximum atomic E-state index is 10.2. The molecule has 122 valence electrons. The first-order valence-corrected chi connectivity index (χ1v) is 8.31. The molecule has 0 amide bonds. The molecule has 0 aliphatic rings. The molecule has 0 rings (SSSR count). The average molecular weight is 335 g/mol. The van der Waals surface area contributed by atoms with Gasteiger partial charge in [0.05, 0.1) is 6.10 Å². The minimum absolute atomic E-state index is 0. The first-order chi connectivity index (χ1) is 10.1. The Hall–Kier alpha value is 0.546. The summed E-state index contributed by atoms with van der Waals surface area (Å²) in [4.78, 5) is 10.2. The Bertz CT molecular complexity index is 299. The molecule has 1 atom stereocenters. The number of hydrogen-bond acceptors (Lipinski definition) is 3. The van der Waals surface area contributed by atoms with Crippen LogP contribution >= 0.6 is 0 Å². The Labute approximate surface area is 178 Å². The molecule has 0 radical (unpaired) electrons. The minimum atomic E-state index is -0.933. The standard InChI is InChI=1S/C18H32O3.K/c1-17(19)15-13-11-9-7-5-3-2-4-6-8-10-12-14-16-18(20)21;/h2-3,7,9,17,19H,4-6,8,10-16H2,1H3,(H,20,21);/q;+1/p-1/b3-2-,9-7-;. The molecule has 22 heavy (non-hydrogen) atoms. The van der Waals surface area contributed by atoms with Gasteiger partial charge in [0, 0.05) is 5.97 Å². The van der Waals surface area contributed by atoms with Crippen molar-refractivity contribution in [3.8, 4) is 0 Å². The summed E-state index contributed by atoms with van der Waals surface area (Å²) in [5.41, 5.74) is 0. The van der Waals surface area contributed by atoms with Crippen molar-refractivity contribution in [2.45, 2.75) is 83.7 Å². The molecule has 0 aromatic carbocycles. The van der Waals surface area contributed by atoms with Gasteiger partial charge in [0.15, 0.2) is 0 Å². The Morgan fingerprint density at radius 2 is 1.50 bits per heavy atom. The zero-order valence-corrected chi connectivity index (χ0v) is 17.6. The van der Waals surface area contributed by atoms with Gasteiger partial charge < -0.3 is 15.0 Å². The first kappa shape index (κ1) is 24.8. The third kappa shape index (κ3) is 22.8. The van der Waals surface area contributed by atoms with Crippen LogP contribution in [-0.2, 0) is 4.79 Å². The molecule has 0 saturated carbocycles. The SMILES string of the molecule is CC(O)CCC/C=C\C/C=C\CCCCCCCC(=O)[O-].[K+]. The monoisotopic (exact) mass is 334 g/mol. The molecule has 0 bridgehead atoms. The van der Waals surface area contributed by atoms with Gasteiger partial charge in [-0.25, -0.2) is 0 Å². The number of hydrogen-bond donors (Lipinski definition) is 1. The molecule has 0 saturated heterocycles. The van der Waals surface area contributed by atoms with Gasteiger partial charge in [0.2, 0.25) is 0 Å². The summed E-state index contributed by atoms with van der Waals surface area (Å²) in [6.45, 7) is 1.83. The van der Waals surface area contributed by atoms with E-state index in [1.54, 1.807) is 0 Å². The third-order valence-corrected chi connectivity index (χ3v) is 3.35. The molecule has 0 aliphatic heterocycles. The Balaban J connectivity index is 0. The summed E-state index contributed by atoms with van der Waals surface area (Å²) in [6, 6.07) is 0. The van der Waals surface area contributed by atoms with Crippen molar-refractivity contribution in [3.05, 3.63) is 24.3 Å². The van der Waals surface area contributed by atoms with Crippen LogP contribution in [0.2, 0.25) is 0 Å². The second kappa shape index (κ2) is 19.6. The van der Waals surface area contributed by atoms with E-state index in [9.17, 15) is 9.90 Å². The molecular weight excluding hydrogens is 303 g/mol. The van der Waals surface area contributed by atoms with E-state index in [2.05, 4.69) is 24.3 Å². The van der Waals surface area contributed by atoms with Crippen LogP contribution in [0.4, 0.5) is 0 Å². The molecule has 3 nitrogen and oxygen atoms in total. The number of aliphatic hydroxyl groups is 1. The van der Waals surface area contributed by atoms with Crippen molar-refractivity contribution >= 4 is 5.97 Å². The van der Waals surface area contributed by atoms with Crippen molar-refractivity contribution < 1.29 is 66.4 Å². The first-order valence-electron chi connectivity index (χ1n) is 8.31. The number of carboxylic acids is 1. The summed E-state index contributed by atoms with van der Waals surface area (Å²) < 4.78 is 0. The van der Waals surface area contributed by atoms with Crippen LogP contribution in [0.5, 0.6) is 0 Å². The molecule has 0 aromatic heterocycles. The third-order valence-electron chi connectivity index (χ3n) is 3.35. The maximum absolute atomic E-state index is 10.2. The number of rotatable bonds is 14. The zero-order chi connectivity index (χ0) is 15.8. The summed E-state index contributed by atoms with van der Waals surface area (Å²) >= 11 is 0. The second-order valence-electron chi connectivity index (χ2n) is 5.64. The molecule has 1 N–H and O–H groups in total. The number of carbonyl (C=O) groups is 1. The Morgan fingerprint density at radius 1 is 0.955 bits per heavy atom. The smallest absolute Gasteiger partial charge is 0.550 e. The molecule has 4 heteroatoms. The predicted molar refractivity (Wildman–Crippen MR) is 85.8 cm³/mol. The van der Waals surface area contributed by atoms with Gasteiger partial charge >= 0.3 is 51.4 Å². The summed E-state index contributed by atoms with van der Waals surface area (Å²) in [5.74, 6) is -0.933. The van der Waals surface area contributed by atoms with Crippen LogP contribution in [0.25, 0.3) is 0 Å². The number of aliphatic hydroxyl groups excluding tert-OH is 1. The molecule has 0 aliphatic carbocycles. The normalized spacial score (nSPS) is 12.6. The van der Waals surface area contributed by atoms with Crippen LogP contribution < -0.4 is 56.5 Å². The van der Waals surface area contributed by atoms with Crippen molar-refractivity contribution in [1.82, 2.24) is 0 Å². The van der Waals surface area contributed by atoms with Gasteiger partial charge in [-0.3, -0.25) is 0 Å². The molecule has 1 unspecified atom stereocenters. The van der Waals surface area contributed by atoms with E-state index in [0.29, 0.717) is 0 Å².